The predicted molar refractivity (Wildman–Crippen MR) is 137 cm³/mol. The summed E-state index contributed by atoms with van der Waals surface area (Å²) in [6, 6.07) is 18.1. The molecule has 1 atom stereocenters. The lowest BCUT2D eigenvalue weighted by molar-refractivity contribution is 0.0297. The van der Waals surface area contributed by atoms with Crippen molar-refractivity contribution >= 4 is 17.5 Å². The number of halogens is 1. The molecule has 2 aromatic rings. The average Bonchev–Trinajstić information content (AvgIpc) is 3.34. The van der Waals surface area contributed by atoms with Crippen molar-refractivity contribution in [1.82, 2.24) is 9.80 Å². The molecule has 3 fully saturated rings. The van der Waals surface area contributed by atoms with Crippen LogP contribution in [0.1, 0.15) is 54.4 Å². The van der Waals surface area contributed by atoms with Crippen molar-refractivity contribution in [3.05, 3.63) is 70.7 Å². The first-order valence-electron chi connectivity index (χ1n) is 13.0. The predicted octanol–water partition coefficient (Wildman–Crippen LogP) is 5.65. The van der Waals surface area contributed by atoms with Gasteiger partial charge in [0.2, 0.25) is 0 Å². The maximum absolute atomic E-state index is 13.2. The zero-order valence-electron chi connectivity index (χ0n) is 20.1. The van der Waals surface area contributed by atoms with E-state index in [0.29, 0.717) is 0 Å². The molecule has 182 valence electrons. The quantitative estimate of drug-likeness (QED) is 0.535. The lowest BCUT2D eigenvalue weighted by Crippen LogP contribution is -2.41. The number of hydrogen-bond donors (Lipinski definition) is 0. The minimum absolute atomic E-state index is 0.00735. The minimum atomic E-state index is -0.00735. The van der Waals surface area contributed by atoms with E-state index in [1.165, 1.54) is 44.3 Å². The highest BCUT2D eigenvalue weighted by molar-refractivity contribution is 6.30. The van der Waals surface area contributed by atoms with Gasteiger partial charge in [0.05, 0.1) is 0 Å². The lowest BCUT2D eigenvalue weighted by Gasteiger charge is -2.39. The minimum Gasteiger partial charge on any atom is -0.381 e. The fourth-order valence-corrected chi connectivity index (χ4v) is 6.53. The molecule has 5 rings (SSSR count). The van der Waals surface area contributed by atoms with Crippen LogP contribution >= 0.6 is 11.6 Å². The Hall–Kier alpha value is -1.88. The highest BCUT2D eigenvalue weighted by Gasteiger charge is 2.41. The summed E-state index contributed by atoms with van der Waals surface area (Å²) in [7, 11) is 0. The third-order valence-electron chi connectivity index (χ3n) is 8.59. The van der Waals surface area contributed by atoms with Crippen molar-refractivity contribution < 1.29 is 9.53 Å². The van der Waals surface area contributed by atoms with Gasteiger partial charge in [-0.3, -0.25) is 4.79 Å². The topological polar surface area (TPSA) is 32.8 Å². The summed E-state index contributed by atoms with van der Waals surface area (Å²) >= 11 is 6.22. The molecule has 1 unspecified atom stereocenters. The summed E-state index contributed by atoms with van der Waals surface area (Å²) in [6.45, 7) is 6.98. The summed E-state index contributed by atoms with van der Waals surface area (Å²) in [6.07, 6.45) is 7.21. The standard InChI is InChI=1S/C29H37ClN2O2/c30-27-8-6-26(7-9-27)29(15-19-32(22-29)28(33)25-4-2-1-3-5-25)14-18-31-16-10-23(11-17-31)24-12-20-34-21-13-24/h1-9,23-24H,10-22H2. The van der Waals surface area contributed by atoms with E-state index in [1.807, 2.05) is 42.5 Å². The summed E-state index contributed by atoms with van der Waals surface area (Å²) in [5, 5.41) is 0.768. The number of piperidine rings is 1. The number of carbonyl (C=O) groups excluding carboxylic acids is 1. The molecule has 0 radical (unpaired) electrons. The van der Waals surface area contributed by atoms with Crippen molar-refractivity contribution in [2.24, 2.45) is 11.8 Å². The first kappa shape index (κ1) is 23.8. The van der Waals surface area contributed by atoms with E-state index < -0.39 is 0 Å². The number of nitrogens with zero attached hydrogens (tertiary/aromatic N) is 2. The number of ether oxygens (including phenoxy) is 1. The SMILES string of the molecule is O=C(c1ccccc1)N1CCC(CCN2CCC(C3CCOCC3)CC2)(c2ccc(Cl)cc2)C1. The van der Waals surface area contributed by atoms with E-state index in [0.717, 1.165) is 68.1 Å². The van der Waals surface area contributed by atoms with E-state index in [4.69, 9.17) is 16.3 Å². The van der Waals surface area contributed by atoms with Gasteiger partial charge in [-0.15, -0.1) is 0 Å². The van der Waals surface area contributed by atoms with Crippen molar-refractivity contribution in [3.63, 3.8) is 0 Å². The van der Waals surface area contributed by atoms with Crippen LogP contribution < -0.4 is 0 Å². The normalized spacial score (nSPS) is 25.0. The molecule has 0 aromatic heterocycles. The molecule has 34 heavy (non-hydrogen) atoms. The van der Waals surface area contributed by atoms with Gasteiger partial charge < -0.3 is 14.5 Å². The molecule has 4 nitrogen and oxygen atoms in total. The Bertz CT molecular complexity index is 936. The number of likely N-dealkylation sites (tertiary alicyclic amines) is 2. The van der Waals surface area contributed by atoms with Crippen LogP contribution in [0.4, 0.5) is 0 Å². The smallest absolute Gasteiger partial charge is 0.253 e. The van der Waals surface area contributed by atoms with Gasteiger partial charge in [-0.05, 0) is 99.8 Å². The Morgan fingerprint density at radius 2 is 1.59 bits per heavy atom. The average molecular weight is 481 g/mol. The molecule has 3 aliphatic rings. The van der Waals surface area contributed by atoms with Crippen molar-refractivity contribution in [3.8, 4) is 0 Å². The second-order valence-electron chi connectivity index (χ2n) is 10.5. The summed E-state index contributed by atoms with van der Waals surface area (Å²) < 4.78 is 5.57. The molecule has 0 N–H and O–H groups in total. The van der Waals surface area contributed by atoms with Crippen LogP contribution in [-0.2, 0) is 10.2 Å². The van der Waals surface area contributed by atoms with Crippen molar-refractivity contribution in [1.29, 1.82) is 0 Å². The Labute approximate surface area is 209 Å². The van der Waals surface area contributed by atoms with Gasteiger partial charge in [0.25, 0.3) is 5.91 Å². The van der Waals surface area contributed by atoms with Crippen LogP contribution in [-0.4, -0.2) is 61.6 Å². The highest BCUT2D eigenvalue weighted by Crippen LogP contribution is 2.40. The van der Waals surface area contributed by atoms with Gasteiger partial charge in [-0.2, -0.15) is 0 Å². The molecule has 3 heterocycles. The van der Waals surface area contributed by atoms with Crippen LogP contribution in [0.25, 0.3) is 0 Å². The number of amides is 1. The largest absolute Gasteiger partial charge is 0.381 e. The van der Waals surface area contributed by atoms with Gasteiger partial charge in [-0.1, -0.05) is 41.9 Å². The van der Waals surface area contributed by atoms with Crippen LogP contribution in [0.2, 0.25) is 5.02 Å². The van der Waals surface area contributed by atoms with Gasteiger partial charge in [0.15, 0.2) is 0 Å². The van der Waals surface area contributed by atoms with Crippen molar-refractivity contribution in [2.45, 2.75) is 43.9 Å². The zero-order valence-corrected chi connectivity index (χ0v) is 20.9. The number of hydrogen-bond acceptors (Lipinski definition) is 3. The molecule has 0 spiro atoms. The van der Waals surface area contributed by atoms with Crippen LogP contribution in [0.5, 0.6) is 0 Å². The van der Waals surface area contributed by atoms with E-state index in [2.05, 4.69) is 21.9 Å². The van der Waals surface area contributed by atoms with E-state index in [9.17, 15) is 4.79 Å². The maximum atomic E-state index is 13.2. The van der Waals surface area contributed by atoms with Gasteiger partial charge in [-0.25, -0.2) is 0 Å². The van der Waals surface area contributed by atoms with Crippen LogP contribution in [0.3, 0.4) is 0 Å². The van der Waals surface area contributed by atoms with E-state index >= 15 is 0 Å². The molecular formula is C29H37ClN2O2. The maximum Gasteiger partial charge on any atom is 0.253 e. The number of rotatable bonds is 6. The van der Waals surface area contributed by atoms with Gasteiger partial charge in [0, 0.05) is 42.3 Å². The molecule has 0 bridgehead atoms. The molecule has 2 aromatic carbocycles. The third-order valence-corrected chi connectivity index (χ3v) is 8.84. The molecule has 0 aliphatic carbocycles. The molecule has 5 heteroatoms. The van der Waals surface area contributed by atoms with Crippen molar-refractivity contribution in [2.75, 3.05) is 45.9 Å². The first-order chi connectivity index (χ1) is 16.6. The monoisotopic (exact) mass is 480 g/mol. The molecular weight excluding hydrogens is 444 g/mol. The summed E-state index contributed by atoms with van der Waals surface area (Å²) in [5.41, 5.74) is 2.09. The van der Waals surface area contributed by atoms with Gasteiger partial charge in [0.1, 0.15) is 0 Å². The molecule has 1 amide bonds. The molecule has 3 aliphatic heterocycles. The lowest BCUT2D eigenvalue weighted by atomic mass is 9.76. The van der Waals surface area contributed by atoms with Crippen LogP contribution in [0, 0.1) is 11.8 Å². The fourth-order valence-electron chi connectivity index (χ4n) is 6.40. The zero-order chi connectivity index (χ0) is 23.4. The fraction of sp³-hybridized carbons (Fsp3) is 0.552. The second kappa shape index (κ2) is 10.8. The molecule has 3 saturated heterocycles. The van der Waals surface area contributed by atoms with Gasteiger partial charge >= 0.3 is 0 Å². The Morgan fingerprint density at radius 1 is 0.912 bits per heavy atom. The molecule has 0 saturated carbocycles. The second-order valence-corrected chi connectivity index (χ2v) is 10.9. The third kappa shape index (κ3) is 5.35. The number of benzene rings is 2. The Morgan fingerprint density at radius 3 is 2.29 bits per heavy atom. The highest BCUT2D eigenvalue weighted by atomic mass is 35.5. The first-order valence-corrected chi connectivity index (χ1v) is 13.4. The Kier molecular flexibility index (Phi) is 7.58. The summed E-state index contributed by atoms with van der Waals surface area (Å²) in [4.78, 5) is 17.9. The Balaban J connectivity index is 1.24. The number of carbonyl (C=O) groups is 1. The summed E-state index contributed by atoms with van der Waals surface area (Å²) in [5.74, 6) is 1.88. The van der Waals surface area contributed by atoms with E-state index in [-0.39, 0.29) is 11.3 Å². The van der Waals surface area contributed by atoms with Crippen LogP contribution in [0.15, 0.2) is 54.6 Å². The van der Waals surface area contributed by atoms with E-state index in [1.54, 1.807) is 0 Å².